The number of aryl methyl sites for hydroxylation is 1. The number of nitrogens with two attached hydrogens (primary N) is 1. The highest BCUT2D eigenvalue weighted by molar-refractivity contribution is 7.07. The molecule has 1 heterocycles. The SMILES string of the molecule is CC(CN)(CO)CCc1ccsc1. The van der Waals surface area contributed by atoms with Gasteiger partial charge < -0.3 is 10.8 Å². The minimum atomic E-state index is -0.109. The molecule has 0 saturated heterocycles. The van der Waals surface area contributed by atoms with Crippen molar-refractivity contribution in [2.45, 2.75) is 19.8 Å². The number of rotatable bonds is 5. The van der Waals surface area contributed by atoms with Gasteiger partial charge in [-0.25, -0.2) is 0 Å². The fraction of sp³-hybridized carbons (Fsp3) is 0.600. The van der Waals surface area contributed by atoms with Crippen molar-refractivity contribution in [3.05, 3.63) is 22.4 Å². The molecule has 2 nitrogen and oxygen atoms in total. The van der Waals surface area contributed by atoms with E-state index in [4.69, 9.17) is 10.8 Å². The second kappa shape index (κ2) is 4.74. The fourth-order valence-electron chi connectivity index (χ4n) is 1.13. The molecule has 0 radical (unpaired) electrons. The van der Waals surface area contributed by atoms with Gasteiger partial charge in [0.05, 0.1) is 0 Å². The predicted molar refractivity (Wildman–Crippen MR) is 56.9 cm³/mol. The smallest absolute Gasteiger partial charge is 0.0496 e. The van der Waals surface area contributed by atoms with E-state index in [1.807, 2.05) is 6.92 Å². The maximum atomic E-state index is 9.14. The molecule has 0 aliphatic heterocycles. The van der Waals surface area contributed by atoms with Crippen molar-refractivity contribution in [1.82, 2.24) is 0 Å². The lowest BCUT2D eigenvalue weighted by molar-refractivity contribution is 0.140. The third-order valence-electron chi connectivity index (χ3n) is 2.47. The summed E-state index contributed by atoms with van der Waals surface area (Å²) in [5.41, 5.74) is 6.84. The van der Waals surface area contributed by atoms with Crippen LogP contribution in [-0.4, -0.2) is 18.3 Å². The lowest BCUT2D eigenvalue weighted by atomic mass is 9.85. The molecule has 3 N–H and O–H groups in total. The molecule has 0 amide bonds. The topological polar surface area (TPSA) is 46.2 Å². The summed E-state index contributed by atoms with van der Waals surface area (Å²) < 4.78 is 0. The molecule has 1 unspecified atom stereocenters. The highest BCUT2D eigenvalue weighted by Crippen LogP contribution is 2.22. The van der Waals surface area contributed by atoms with Crippen LogP contribution in [0.5, 0.6) is 0 Å². The predicted octanol–water partition coefficient (Wildman–Crippen LogP) is 1.64. The lowest BCUT2D eigenvalue weighted by Gasteiger charge is -2.24. The molecule has 0 fully saturated rings. The summed E-state index contributed by atoms with van der Waals surface area (Å²) in [7, 11) is 0. The van der Waals surface area contributed by atoms with Crippen molar-refractivity contribution in [2.24, 2.45) is 11.1 Å². The van der Waals surface area contributed by atoms with Crippen LogP contribution in [0.15, 0.2) is 16.8 Å². The summed E-state index contributed by atoms with van der Waals surface area (Å²) in [6.07, 6.45) is 1.97. The molecule has 0 spiro atoms. The molecule has 0 aliphatic carbocycles. The second-order valence-electron chi connectivity index (χ2n) is 3.80. The average molecular weight is 199 g/mol. The van der Waals surface area contributed by atoms with Crippen LogP contribution < -0.4 is 5.73 Å². The van der Waals surface area contributed by atoms with E-state index in [1.54, 1.807) is 11.3 Å². The zero-order valence-electron chi connectivity index (χ0n) is 7.99. The summed E-state index contributed by atoms with van der Waals surface area (Å²) in [6.45, 7) is 2.75. The Kier molecular flexibility index (Phi) is 3.90. The number of aliphatic hydroxyl groups excluding tert-OH is 1. The number of thiophene rings is 1. The van der Waals surface area contributed by atoms with Crippen LogP contribution in [0.4, 0.5) is 0 Å². The van der Waals surface area contributed by atoms with E-state index in [0.29, 0.717) is 6.54 Å². The average Bonchev–Trinajstić information content (AvgIpc) is 2.67. The molecular weight excluding hydrogens is 182 g/mol. The first-order chi connectivity index (χ1) is 6.20. The minimum Gasteiger partial charge on any atom is -0.396 e. The molecule has 1 atom stereocenters. The third kappa shape index (κ3) is 3.10. The van der Waals surface area contributed by atoms with Crippen molar-refractivity contribution < 1.29 is 5.11 Å². The Hall–Kier alpha value is -0.380. The molecule has 0 saturated carbocycles. The van der Waals surface area contributed by atoms with Gasteiger partial charge in [-0.15, -0.1) is 0 Å². The van der Waals surface area contributed by atoms with Gasteiger partial charge in [0, 0.05) is 12.0 Å². The van der Waals surface area contributed by atoms with Gasteiger partial charge in [-0.2, -0.15) is 11.3 Å². The Morgan fingerprint density at radius 1 is 1.62 bits per heavy atom. The van der Waals surface area contributed by atoms with Crippen LogP contribution in [-0.2, 0) is 6.42 Å². The zero-order chi connectivity index (χ0) is 9.73. The normalized spacial score (nSPS) is 15.6. The fourth-order valence-corrected chi connectivity index (χ4v) is 1.83. The number of hydrogen-bond donors (Lipinski definition) is 2. The Bertz CT molecular complexity index is 229. The molecule has 1 aromatic heterocycles. The summed E-state index contributed by atoms with van der Waals surface area (Å²) in [5.74, 6) is 0. The first kappa shape index (κ1) is 10.7. The lowest BCUT2D eigenvalue weighted by Crippen LogP contribution is -2.31. The van der Waals surface area contributed by atoms with Gasteiger partial charge in [0.15, 0.2) is 0 Å². The first-order valence-corrected chi connectivity index (χ1v) is 5.46. The second-order valence-corrected chi connectivity index (χ2v) is 4.58. The van der Waals surface area contributed by atoms with E-state index in [0.717, 1.165) is 12.8 Å². The van der Waals surface area contributed by atoms with Gasteiger partial charge in [0.1, 0.15) is 0 Å². The van der Waals surface area contributed by atoms with E-state index in [9.17, 15) is 0 Å². The standard InChI is InChI=1S/C10H17NOS/c1-10(7-11,8-12)4-2-9-3-5-13-6-9/h3,5-6,12H,2,4,7-8,11H2,1H3. The summed E-state index contributed by atoms with van der Waals surface area (Å²) in [6, 6.07) is 2.12. The molecule has 1 aromatic rings. The van der Waals surface area contributed by atoms with Crippen molar-refractivity contribution in [3.63, 3.8) is 0 Å². The Morgan fingerprint density at radius 3 is 2.85 bits per heavy atom. The largest absolute Gasteiger partial charge is 0.396 e. The minimum absolute atomic E-state index is 0.109. The molecule has 0 bridgehead atoms. The van der Waals surface area contributed by atoms with Gasteiger partial charge in [0.2, 0.25) is 0 Å². The summed E-state index contributed by atoms with van der Waals surface area (Å²) in [5, 5.41) is 13.4. The molecule has 74 valence electrons. The molecular formula is C10H17NOS. The first-order valence-electron chi connectivity index (χ1n) is 4.52. The molecule has 3 heteroatoms. The van der Waals surface area contributed by atoms with E-state index < -0.39 is 0 Å². The molecule has 0 aromatic carbocycles. The summed E-state index contributed by atoms with van der Waals surface area (Å²) >= 11 is 1.71. The highest BCUT2D eigenvalue weighted by Gasteiger charge is 2.20. The highest BCUT2D eigenvalue weighted by atomic mass is 32.1. The van der Waals surface area contributed by atoms with Gasteiger partial charge in [0.25, 0.3) is 0 Å². The van der Waals surface area contributed by atoms with E-state index >= 15 is 0 Å². The van der Waals surface area contributed by atoms with E-state index in [-0.39, 0.29) is 12.0 Å². The maximum Gasteiger partial charge on any atom is 0.0496 e. The third-order valence-corrected chi connectivity index (χ3v) is 3.20. The van der Waals surface area contributed by atoms with Crippen molar-refractivity contribution in [1.29, 1.82) is 0 Å². The van der Waals surface area contributed by atoms with Crippen LogP contribution >= 0.6 is 11.3 Å². The number of hydrogen-bond acceptors (Lipinski definition) is 3. The van der Waals surface area contributed by atoms with E-state index in [2.05, 4.69) is 16.8 Å². The van der Waals surface area contributed by atoms with Crippen LogP contribution in [0.2, 0.25) is 0 Å². The van der Waals surface area contributed by atoms with Crippen LogP contribution in [0.3, 0.4) is 0 Å². The maximum absolute atomic E-state index is 9.14. The quantitative estimate of drug-likeness (QED) is 0.757. The van der Waals surface area contributed by atoms with Crippen LogP contribution in [0.1, 0.15) is 18.9 Å². The Labute approximate surface area is 83.4 Å². The molecule has 1 rings (SSSR count). The molecule has 13 heavy (non-hydrogen) atoms. The van der Waals surface area contributed by atoms with Crippen LogP contribution in [0, 0.1) is 5.41 Å². The van der Waals surface area contributed by atoms with Gasteiger partial charge >= 0.3 is 0 Å². The Morgan fingerprint density at radius 2 is 2.38 bits per heavy atom. The summed E-state index contributed by atoms with van der Waals surface area (Å²) in [4.78, 5) is 0. The Balaban J connectivity index is 2.41. The zero-order valence-corrected chi connectivity index (χ0v) is 8.81. The van der Waals surface area contributed by atoms with Gasteiger partial charge in [-0.05, 0) is 41.8 Å². The van der Waals surface area contributed by atoms with Crippen LogP contribution in [0.25, 0.3) is 0 Å². The van der Waals surface area contributed by atoms with Gasteiger partial charge in [-0.3, -0.25) is 0 Å². The van der Waals surface area contributed by atoms with E-state index in [1.165, 1.54) is 5.56 Å². The van der Waals surface area contributed by atoms with Crippen molar-refractivity contribution in [3.8, 4) is 0 Å². The van der Waals surface area contributed by atoms with Gasteiger partial charge in [-0.1, -0.05) is 6.92 Å². The molecule has 0 aliphatic rings. The monoisotopic (exact) mass is 199 g/mol. The number of aliphatic hydroxyl groups is 1. The van der Waals surface area contributed by atoms with Crippen molar-refractivity contribution in [2.75, 3.05) is 13.2 Å². The van der Waals surface area contributed by atoms with Crippen molar-refractivity contribution >= 4 is 11.3 Å².